The maximum Gasteiger partial charge on any atom is 0.303 e. The molecule has 1 rings (SSSR count). The molecule has 0 spiro atoms. The molecule has 88 valence electrons. The predicted octanol–water partition coefficient (Wildman–Crippen LogP) is 1.35. The van der Waals surface area contributed by atoms with E-state index in [4.69, 9.17) is 9.84 Å². The first kappa shape index (κ1) is 12.5. The molecule has 0 saturated carbocycles. The molecule has 3 atom stereocenters. The number of rotatable bonds is 4. The van der Waals surface area contributed by atoms with Gasteiger partial charge in [0.25, 0.3) is 0 Å². The summed E-state index contributed by atoms with van der Waals surface area (Å²) in [5, 5.41) is 8.62. The van der Waals surface area contributed by atoms with E-state index in [0.29, 0.717) is 6.04 Å². The molecule has 1 aliphatic heterocycles. The van der Waals surface area contributed by atoms with Crippen LogP contribution in [0.4, 0.5) is 0 Å². The number of carboxylic acid groups (broad SMARTS) is 1. The summed E-state index contributed by atoms with van der Waals surface area (Å²) in [4.78, 5) is 12.8. The number of hydrogen-bond donors (Lipinski definition) is 1. The lowest BCUT2D eigenvalue weighted by atomic mass is 10.1. The second-order valence-corrected chi connectivity index (χ2v) is 4.49. The fraction of sp³-hybridized carbons (Fsp3) is 0.909. The van der Waals surface area contributed by atoms with E-state index < -0.39 is 5.97 Å². The van der Waals surface area contributed by atoms with E-state index >= 15 is 0 Å². The summed E-state index contributed by atoms with van der Waals surface area (Å²) in [6.45, 7) is 8.03. The number of carbonyl (C=O) groups is 1. The van der Waals surface area contributed by atoms with Crippen LogP contribution in [0.15, 0.2) is 0 Å². The van der Waals surface area contributed by atoms with Crippen LogP contribution in [0, 0.1) is 0 Å². The van der Waals surface area contributed by atoms with Gasteiger partial charge in [0.1, 0.15) is 0 Å². The van der Waals surface area contributed by atoms with Gasteiger partial charge in [-0.2, -0.15) is 0 Å². The van der Waals surface area contributed by atoms with Crippen LogP contribution >= 0.6 is 0 Å². The Morgan fingerprint density at radius 3 is 2.47 bits per heavy atom. The number of nitrogens with zero attached hydrogens (tertiary/aromatic N) is 1. The quantitative estimate of drug-likeness (QED) is 0.769. The molecule has 1 N–H and O–H groups in total. The fourth-order valence-electron chi connectivity index (χ4n) is 2.09. The van der Waals surface area contributed by atoms with Crippen molar-refractivity contribution in [3.63, 3.8) is 0 Å². The van der Waals surface area contributed by atoms with Gasteiger partial charge < -0.3 is 9.84 Å². The molecule has 1 fully saturated rings. The summed E-state index contributed by atoms with van der Waals surface area (Å²) in [7, 11) is 0. The molecule has 1 heterocycles. The number of aliphatic carboxylic acids is 1. The number of hydrogen-bond acceptors (Lipinski definition) is 3. The van der Waals surface area contributed by atoms with Gasteiger partial charge in [0.05, 0.1) is 12.2 Å². The number of ether oxygens (including phenoxy) is 1. The molecule has 4 nitrogen and oxygen atoms in total. The molecule has 0 bridgehead atoms. The second-order valence-electron chi connectivity index (χ2n) is 4.49. The summed E-state index contributed by atoms with van der Waals surface area (Å²) < 4.78 is 5.63. The van der Waals surface area contributed by atoms with Crippen molar-refractivity contribution < 1.29 is 14.6 Å². The number of morpholine rings is 1. The molecular formula is C11H21NO3. The molecule has 0 amide bonds. The van der Waals surface area contributed by atoms with E-state index in [1.807, 2.05) is 0 Å². The molecule has 0 aromatic heterocycles. The minimum atomic E-state index is -0.712. The minimum Gasteiger partial charge on any atom is -0.481 e. The Bertz CT molecular complexity index is 210. The molecule has 0 radical (unpaired) electrons. The van der Waals surface area contributed by atoms with Crippen molar-refractivity contribution in [2.45, 2.75) is 51.9 Å². The molecule has 0 aromatic rings. The first-order valence-electron chi connectivity index (χ1n) is 5.60. The van der Waals surface area contributed by atoms with E-state index in [9.17, 15) is 4.79 Å². The summed E-state index contributed by atoms with van der Waals surface area (Å²) in [6, 6.07) is 0.329. The Kier molecular flexibility index (Phi) is 4.54. The van der Waals surface area contributed by atoms with Crippen LogP contribution in [0.2, 0.25) is 0 Å². The van der Waals surface area contributed by atoms with Crippen LogP contribution in [0.5, 0.6) is 0 Å². The van der Waals surface area contributed by atoms with Crippen molar-refractivity contribution in [3.8, 4) is 0 Å². The molecular weight excluding hydrogens is 194 g/mol. The van der Waals surface area contributed by atoms with E-state index in [1.54, 1.807) is 0 Å². The van der Waals surface area contributed by atoms with E-state index in [0.717, 1.165) is 19.5 Å². The minimum absolute atomic E-state index is 0.251. The van der Waals surface area contributed by atoms with Gasteiger partial charge in [-0.05, 0) is 27.2 Å². The highest BCUT2D eigenvalue weighted by Gasteiger charge is 2.25. The van der Waals surface area contributed by atoms with Gasteiger partial charge in [-0.15, -0.1) is 0 Å². The Balaban J connectivity index is 2.37. The maximum atomic E-state index is 10.5. The van der Waals surface area contributed by atoms with Gasteiger partial charge >= 0.3 is 5.97 Å². The summed E-state index contributed by atoms with van der Waals surface area (Å²) in [6.07, 6.45) is 1.47. The zero-order valence-corrected chi connectivity index (χ0v) is 9.77. The third-order valence-electron chi connectivity index (χ3n) is 2.85. The molecule has 1 aliphatic rings. The van der Waals surface area contributed by atoms with E-state index in [1.165, 1.54) is 0 Å². The monoisotopic (exact) mass is 215 g/mol. The van der Waals surface area contributed by atoms with Crippen LogP contribution < -0.4 is 0 Å². The topological polar surface area (TPSA) is 49.8 Å². The average molecular weight is 215 g/mol. The lowest BCUT2D eigenvalue weighted by molar-refractivity contribution is -0.137. The van der Waals surface area contributed by atoms with Gasteiger partial charge in [-0.1, -0.05) is 0 Å². The molecule has 0 aliphatic carbocycles. The molecule has 1 saturated heterocycles. The van der Waals surface area contributed by atoms with Crippen LogP contribution in [0.25, 0.3) is 0 Å². The SMILES string of the molecule is CC(CCC(=O)O)N1C[C@@H](C)O[C@@H](C)C1. The van der Waals surface area contributed by atoms with Crippen LogP contribution in [0.3, 0.4) is 0 Å². The van der Waals surface area contributed by atoms with Crippen LogP contribution in [0.1, 0.15) is 33.6 Å². The highest BCUT2D eigenvalue weighted by Crippen LogP contribution is 2.15. The Morgan fingerprint density at radius 2 is 2.00 bits per heavy atom. The average Bonchev–Trinajstić information content (AvgIpc) is 2.12. The first-order chi connectivity index (χ1) is 6.99. The summed E-state index contributed by atoms with van der Waals surface area (Å²) >= 11 is 0. The first-order valence-corrected chi connectivity index (χ1v) is 5.60. The Morgan fingerprint density at radius 1 is 1.47 bits per heavy atom. The van der Waals surface area contributed by atoms with Crippen molar-refractivity contribution >= 4 is 5.97 Å². The summed E-state index contributed by atoms with van der Waals surface area (Å²) in [5.74, 6) is -0.712. The van der Waals surface area contributed by atoms with Gasteiger partial charge in [0.15, 0.2) is 0 Å². The van der Waals surface area contributed by atoms with Crippen molar-refractivity contribution in [2.75, 3.05) is 13.1 Å². The van der Waals surface area contributed by atoms with Gasteiger partial charge in [-0.3, -0.25) is 9.69 Å². The van der Waals surface area contributed by atoms with E-state index in [-0.39, 0.29) is 18.6 Å². The van der Waals surface area contributed by atoms with Crippen molar-refractivity contribution in [1.82, 2.24) is 4.90 Å². The largest absolute Gasteiger partial charge is 0.481 e. The fourth-order valence-corrected chi connectivity index (χ4v) is 2.09. The highest BCUT2D eigenvalue weighted by molar-refractivity contribution is 5.66. The second kappa shape index (κ2) is 5.47. The third-order valence-corrected chi connectivity index (χ3v) is 2.85. The predicted molar refractivity (Wildman–Crippen MR) is 57.9 cm³/mol. The molecule has 0 aromatic carbocycles. The van der Waals surface area contributed by atoms with Crippen molar-refractivity contribution in [3.05, 3.63) is 0 Å². The molecule has 4 heteroatoms. The maximum absolute atomic E-state index is 10.5. The normalized spacial score (nSPS) is 30.1. The van der Waals surface area contributed by atoms with Crippen LogP contribution in [-0.4, -0.2) is 47.3 Å². The molecule has 1 unspecified atom stereocenters. The Hall–Kier alpha value is -0.610. The van der Waals surface area contributed by atoms with Crippen molar-refractivity contribution in [1.29, 1.82) is 0 Å². The third kappa shape index (κ3) is 4.18. The lowest BCUT2D eigenvalue weighted by Crippen LogP contribution is -2.49. The standard InChI is InChI=1S/C11H21NO3/c1-8(4-5-11(13)14)12-6-9(2)15-10(3)7-12/h8-10H,4-7H2,1-3H3,(H,13,14)/t8?,9-,10+. The Labute approximate surface area is 91.2 Å². The number of carboxylic acids is 1. The molecule has 15 heavy (non-hydrogen) atoms. The highest BCUT2D eigenvalue weighted by atomic mass is 16.5. The van der Waals surface area contributed by atoms with Gasteiger partial charge in [-0.25, -0.2) is 0 Å². The smallest absolute Gasteiger partial charge is 0.303 e. The van der Waals surface area contributed by atoms with Crippen molar-refractivity contribution in [2.24, 2.45) is 0 Å². The summed E-state index contributed by atoms with van der Waals surface area (Å²) in [5.41, 5.74) is 0. The zero-order chi connectivity index (χ0) is 11.4. The zero-order valence-electron chi connectivity index (χ0n) is 9.77. The van der Waals surface area contributed by atoms with Gasteiger partial charge in [0.2, 0.25) is 0 Å². The van der Waals surface area contributed by atoms with E-state index in [2.05, 4.69) is 25.7 Å². The lowest BCUT2D eigenvalue weighted by Gasteiger charge is -2.38. The van der Waals surface area contributed by atoms with Gasteiger partial charge in [0, 0.05) is 25.6 Å². The van der Waals surface area contributed by atoms with Crippen LogP contribution in [-0.2, 0) is 9.53 Å².